The van der Waals surface area contributed by atoms with Gasteiger partial charge in [-0.05, 0) is 30.4 Å². The van der Waals surface area contributed by atoms with Crippen LogP contribution < -0.4 is 0 Å². The molecule has 2 heterocycles. The number of nitrogens with zero attached hydrogens (tertiary/aromatic N) is 2. The SMILES string of the molecule is CC(Cn1ccc2ccccc21)C(=O)N1CCCC1. The third kappa shape index (κ3) is 2.37. The Morgan fingerprint density at radius 2 is 1.95 bits per heavy atom. The minimum Gasteiger partial charge on any atom is -0.347 e. The first-order chi connectivity index (χ1) is 9.25. The second-order valence-corrected chi connectivity index (χ2v) is 5.46. The van der Waals surface area contributed by atoms with Crippen molar-refractivity contribution in [3.05, 3.63) is 36.5 Å². The van der Waals surface area contributed by atoms with Crippen LogP contribution in [0.2, 0.25) is 0 Å². The van der Waals surface area contributed by atoms with E-state index in [1.54, 1.807) is 0 Å². The van der Waals surface area contributed by atoms with Gasteiger partial charge in [-0.25, -0.2) is 0 Å². The summed E-state index contributed by atoms with van der Waals surface area (Å²) < 4.78 is 2.19. The number of aromatic nitrogens is 1. The maximum absolute atomic E-state index is 12.3. The summed E-state index contributed by atoms with van der Waals surface area (Å²) in [6, 6.07) is 10.4. The molecule has 3 heteroatoms. The summed E-state index contributed by atoms with van der Waals surface area (Å²) in [7, 11) is 0. The molecule has 1 saturated heterocycles. The molecule has 3 nitrogen and oxygen atoms in total. The van der Waals surface area contributed by atoms with E-state index in [0.29, 0.717) is 5.91 Å². The molecule has 1 fully saturated rings. The van der Waals surface area contributed by atoms with Crippen molar-refractivity contribution in [2.45, 2.75) is 26.3 Å². The third-order valence-corrected chi connectivity index (χ3v) is 3.99. The van der Waals surface area contributed by atoms with Gasteiger partial charge in [0.05, 0.1) is 5.92 Å². The maximum atomic E-state index is 12.3. The second kappa shape index (κ2) is 5.08. The molecule has 3 rings (SSSR count). The smallest absolute Gasteiger partial charge is 0.227 e. The minimum absolute atomic E-state index is 0.0499. The standard InChI is InChI=1S/C16H20N2O/c1-13(16(19)17-9-4-5-10-17)12-18-11-8-14-6-2-3-7-15(14)18/h2-3,6-8,11,13H,4-5,9-10,12H2,1H3. The lowest BCUT2D eigenvalue weighted by atomic mass is 10.1. The van der Waals surface area contributed by atoms with Gasteiger partial charge >= 0.3 is 0 Å². The number of fused-ring (bicyclic) bond motifs is 1. The Morgan fingerprint density at radius 3 is 2.74 bits per heavy atom. The fourth-order valence-corrected chi connectivity index (χ4v) is 2.92. The van der Waals surface area contributed by atoms with E-state index in [-0.39, 0.29) is 5.92 Å². The van der Waals surface area contributed by atoms with Crippen LogP contribution in [0.25, 0.3) is 10.9 Å². The van der Waals surface area contributed by atoms with Crippen molar-refractivity contribution in [2.75, 3.05) is 13.1 Å². The summed E-state index contributed by atoms with van der Waals surface area (Å²) in [5, 5.41) is 1.24. The Labute approximate surface area is 113 Å². The van der Waals surface area contributed by atoms with Gasteiger partial charge in [-0.2, -0.15) is 0 Å². The number of hydrogen-bond acceptors (Lipinski definition) is 1. The summed E-state index contributed by atoms with van der Waals surface area (Å²) in [5.74, 6) is 0.351. The fourth-order valence-electron chi connectivity index (χ4n) is 2.92. The number of rotatable bonds is 3. The third-order valence-electron chi connectivity index (χ3n) is 3.99. The lowest BCUT2D eigenvalue weighted by Crippen LogP contribution is -2.34. The lowest BCUT2D eigenvalue weighted by molar-refractivity contribution is -0.134. The van der Waals surface area contributed by atoms with Crippen molar-refractivity contribution in [2.24, 2.45) is 5.92 Å². The Bertz CT molecular complexity index is 581. The van der Waals surface area contributed by atoms with Crippen LogP contribution in [0.15, 0.2) is 36.5 Å². The lowest BCUT2D eigenvalue weighted by Gasteiger charge is -2.21. The van der Waals surface area contributed by atoms with Crippen LogP contribution in [0.4, 0.5) is 0 Å². The predicted molar refractivity (Wildman–Crippen MR) is 76.9 cm³/mol. The van der Waals surface area contributed by atoms with Gasteiger partial charge in [0.2, 0.25) is 5.91 Å². The van der Waals surface area contributed by atoms with E-state index in [1.165, 1.54) is 10.9 Å². The zero-order valence-corrected chi connectivity index (χ0v) is 11.4. The van der Waals surface area contributed by atoms with Crippen LogP contribution in [0.5, 0.6) is 0 Å². The molecule has 0 saturated carbocycles. The van der Waals surface area contributed by atoms with Gasteiger partial charge < -0.3 is 9.47 Å². The highest BCUT2D eigenvalue weighted by atomic mass is 16.2. The van der Waals surface area contributed by atoms with Crippen LogP contribution in [0.3, 0.4) is 0 Å². The van der Waals surface area contributed by atoms with Crippen LogP contribution in [-0.4, -0.2) is 28.5 Å². The Balaban J connectivity index is 1.75. The first kappa shape index (κ1) is 12.3. The Morgan fingerprint density at radius 1 is 1.21 bits per heavy atom. The molecule has 1 atom stereocenters. The quantitative estimate of drug-likeness (QED) is 0.829. The second-order valence-electron chi connectivity index (χ2n) is 5.46. The molecule has 1 aliphatic rings. The summed E-state index contributed by atoms with van der Waals surface area (Å²) >= 11 is 0. The summed E-state index contributed by atoms with van der Waals surface area (Å²) in [4.78, 5) is 14.3. The van der Waals surface area contributed by atoms with Gasteiger partial charge in [0.25, 0.3) is 0 Å². The highest BCUT2D eigenvalue weighted by molar-refractivity contribution is 5.81. The van der Waals surface area contributed by atoms with Crippen molar-refractivity contribution >= 4 is 16.8 Å². The molecule has 0 bridgehead atoms. The van der Waals surface area contributed by atoms with Crippen LogP contribution in [0.1, 0.15) is 19.8 Å². The molecule has 0 N–H and O–H groups in total. The fraction of sp³-hybridized carbons (Fsp3) is 0.438. The summed E-state index contributed by atoms with van der Waals surface area (Å²) in [6.45, 7) is 4.68. The molecular weight excluding hydrogens is 236 g/mol. The number of hydrogen-bond donors (Lipinski definition) is 0. The van der Waals surface area contributed by atoms with E-state index in [4.69, 9.17) is 0 Å². The minimum atomic E-state index is 0.0499. The van der Waals surface area contributed by atoms with Crippen molar-refractivity contribution < 1.29 is 4.79 Å². The number of para-hydroxylation sites is 1. The molecule has 0 radical (unpaired) electrons. The molecule has 1 aliphatic heterocycles. The number of benzene rings is 1. The van der Waals surface area contributed by atoms with E-state index in [1.807, 2.05) is 24.0 Å². The van der Waals surface area contributed by atoms with Gasteiger partial charge in [-0.3, -0.25) is 4.79 Å². The van der Waals surface area contributed by atoms with E-state index in [9.17, 15) is 4.79 Å². The number of carbonyl (C=O) groups excluding carboxylic acids is 1. The van der Waals surface area contributed by atoms with Crippen molar-refractivity contribution in [3.63, 3.8) is 0 Å². The number of carbonyl (C=O) groups is 1. The Kier molecular flexibility index (Phi) is 3.28. The summed E-state index contributed by atoms with van der Waals surface area (Å²) in [5.41, 5.74) is 1.21. The molecule has 0 aliphatic carbocycles. The molecule has 19 heavy (non-hydrogen) atoms. The van der Waals surface area contributed by atoms with Crippen LogP contribution in [-0.2, 0) is 11.3 Å². The highest BCUT2D eigenvalue weighted by Gasteiger charge is 2.23. The van der Waals surface area contributed by atoms with Crippen molar-refractivity contribution in [1.82, 2.24) is 9.47 Å². The highest BCUT2D eigenvalue weighted by Crippen LogP contribution is 2.18. The largest absolute Gasteiger partial charge is 0.347 e. The normalized spacial score (nSPS) is 17.0. The zero-order valence-electron chi connectivity index (χ0n) is 11.4. The van der Waals surface area contributed by atoms with E-state index >= 15 is 0 Å². The molecule has 0 spiro atoms. The van der Waals surface area contributed by atoms with E-state index in [2.05, 4.69) is 29.0 Å². The average molecular weight is 256 g/mol. The zero-order chi connectivity index (χ0) is 13.2. The monoisotopic (exact) mass is 256 g/mol. The van der Waals surface area contributed by atoms with E-state index < -0.39 is 0 Å². The number of amides is 1. The predicted octanol–water partition coefficient (Wildman–Crippen LogP) is 2.90. The molecule has 1 amide bonds. The molecule has 100 valence electrons. The van der Waals surface area contributed by atoms with Gasteiger partial charge in [-0.1, -0.05) is 25.1 Å². The van der Waals surface area contributed by atoms with Crippen molar-refractivity contribution in [3.8, 4) is 0 Å². The van der Waals surface area contributed by atoms with Gasteiger partial charge in [0, 0.05) is 31.3 Å². The van der Waals surface area contributed by atoms with E-state index in [0.717, 1.165) is 32.5 Å². The van der Waals surface area contributed by atoms with Gasteiger partial charge in [0.1, 0.15) is 0 Å². The first-order valence-electron chi connectivity index (χ1n) is 7.08. The molecular formula is C16H20N2O. The molecule has 1 aromatic heterocycles. The van der Waals surface area contributed by atoms with Crippen molar-refractivity contribution in [1.29, 1.82) is 0 Å². The van der Waals surface area contributed by atoms with Crippen LogP contribution >= 0.6 is 0 Å². The average Bonchev–Trinajstić information content (AvgIpc) is 3.08. The molecule has 2 aromatic rings. The molecule has 1 aromatic carbocycles. The first-order valence-corrected chi connectivity index (χ1v) is 7.08. The topological polar surface area (TPSA) is 25.2 Å². The maximum Gasteiger partial charge on any atom is 0.227 e. The van der Waals surface area contributed by atoms with Gasteiger partial charge in [0.15, 0.2) is 0 Å². The molecule has 1 unspecified atom stereocenters. The summed E-state index contributed by atoms with van der Waals surface area (Å²) in [6.07, 6.45) is 4.40. The Hall–Kier alpha value is -1.77. The number of likely N-dealkylation sites (tertiary alicyclic amines) is 1. The van der Waals surface area contributed by atoms with Crippen LogP contribution in [0, 0.1) is 5.92 Å². The van der Waals surface area contributed by atoms with Gasteiger partial charge in [-0.15, -0.1) is 0 Å².